The number of anilines is 1. The molecule has 186 valence electrons. The third-order valence-corrected chi connectivity index (χ3v) is 6.15. The number of hydrogen-bond acceptors (Lipinski definition) is 5. The van der Waals surface area contributed by atoms with E-state index in [9.17, 15) is 4.79 Å². The number of carbonyl (C=O) groups excluding carboxylic acids is 1. The highest BCUT2D eigenvalue weighted by Gasteiger charge is 2.24. The summed E-state index contributed by atoms with van der Waals surface area (Å²) in [6.07, 6.45) is 5.33. The normalized spacial score (nSPS) is 11.5. The van der Waals surface area contributed by atoms with E-state index in [1.54, 1.807) is 21.8 Å². The highest BCUT2D eigenvalue weighted by atomic mass is 16.2. The maximum absolute atomic E-state index is 13.5. The van der Waals surface area contributed by atoms with Crippen molar-refractivity contribution in [2.75, 3.05) is 5.32 Å². The molecule has 0 atom stereocenters. The van der Waals surface area contributed by atoms with Crippen LogP contribution in [0.5, 0.6) is 0 Å². The van der Waals surface area contributed by atoms with Crippen LogP contribution >= 0.6 is 0 Å². The van der Waals surface area contributed by atoms with Crippen molar-refractivity contribution in [3.05, 3.63) is 102 Å². The quantitative estimate of drug-likeness (QED) is 0.341. The Kier molecular flexibility index (Phi) is 6.17. The molecule has 1 amide bonds. The lowest BCUT2D eigenvalue weighted by atomic mass is 9.92. The van der Waals surface area contributed by atoms with E-state index in [0.717, 1.165) is 39.5 Å². The number of amides is 1. The fourth-order valence-corrected chi connectivity index (χ4v) is 3.95. The van der Waals surface area contributed by atoms with Crippen LogP contribution in [0.4, 0.5) is 5.69 Å². The lowest BCUT2D eigenvalue weighted by molar-refractivity contribution is 0.101. The topological polar surface area (TPSA) is 90.5 Å². The molecule has 0 saturated heterocycles. The predicted molar refractivity (Wildman–Crippen MR) is 144 cm³/mol. The van der Waals surface area contributed by atoms with Crippen LogP contribution in [0.3, 0.4) is 0 Å². The number of aromatic nitrogens is 6. The standard InChI is InChI=1S/C29H29N7O/c1-19-8-12-23(13-9-19)36-26(16-27(33-36)29(3,4)5)28(37)31-22-11-10-20(2)25(15-22)35-18-24(32-34-35)21-7-6-14-30-17-21/h6-18H,1-5H3,(H,31,37). The molecule has 0 aliphatic carbocycles. The lowest BCUT2D eigenvalue weighted by Crippen LogP contribution is -2.17. The van der Waals surface area contributed by atoms with Crippen molar-refractivity contribution in [1.82, 2.24) is 29.8 Å². The van der Waals surface area contributed by atoms with Crippen LogP contribution in [-0.2, 0) is 5.41 Å². The highest BCUT2D eigenvalue weighted by Crippen LogP contribution is 2.26. The molecular formula is C29H29N7O. The summed E-state index contributed by atoms with van der Waals surface area (Å²) in [7, 11) is 0. The molecule has 0 aliphatic heterocycles. The second-order valence-corrected chi connectivity index (χ2v) is 10.2. The number of hydrogen-bond donors (Lipinski definition) is 1. The van der Waals surface area contributed by atoms with Crippen LogP contribution in [0, 0.1) is 13.8 Å². The minimum absolute atomic E-state index is 0.207. The van der Waals surface area contributed by atoms with Gasteiger partial charge in [-0.3, -0.25) is 9.78 Å². The monoisotopic (exact) mass is 491 g/mol. The molecule has 0 fully saturated rings. The zero-order chi connectivity index (χ0) is 26.2. The smallest absolute Gasteiger partial charge is 0.274 e. The van der Waals surface area contributed by atoms with Gasteiger partial charge < -0.3 is 5.32 Å². The number of rotatable bonds is 5. The van der Waals surface area contributed by atoms with Crippen molar-refractivity contribution in [2.24, 2.45) is 0 Å². The van der Waals surface area contributed by atoms with Gasteiger partial charge in [0.25, 0.3) is 5.91 Å². The van der Waals surface area contributed by atoms with Crippen LogP contribution in [-0.4, -0.2) is 35.7 Å². The molecule has 2 aromatic carbocycles. The fourth-order valence-electron chi connectivity index (χ4n) is 3.95. The van der Waals surface area contributed by atoms with E-state index in [1.807, 2.05) is 80.7 Å². The molecule has 0 aliphatic rings. The Bertz CT molecular complexity index is 1560. The fraction of sp³-hybridized carbons (Fsp3) is 0.207. The van der Waals surface area contributed by atoms with Gasteiger partial charge >= 0.3 is 0 Å². The SMILES string of the molecule is Cc1ccc(-n2nc(C(C)(C)C)cc2C(=O)Nc2ccc(C)c(-n3cc(-c4cccnc4)nn3)c2)cc1. The summed E-state index contributed by atoms with van der Waals surface area (Å²) in [5.74, 6) is -0.243. The van der Waals surface area contributed by atoms with Gasteiger partial charge in [0.15, 0.2) is 0 Å². The lowest BCUT2D eigenvalue weighted by Gasteiger charge is -2.14. The van der Waals surface area contributed by atoms with Gasteiger partial charge in [0.2, 0.25) is 0 Å². The van der Waals surface area contributed by atoms with Gasteiger partial charge in [-0.1, -0.05) is 49.7 Å². The highest BCUT2D eigenvalue weighted by molar-refractivity contribution is 6.03. The van der Waals surface area contributed by atoms with E-state index in [4.69, 9.17) is 5.10 Å². The molecule has 0 spiro atoms. The molecular weight excluding hydrogens is 462 g/mol. The molecule has 8 heteroatoms. The van der Waals surface area contributed by atoms with Gasteiger partial charge in [0.1, 0.15) is 11.4 Å². The first-order valence-electron chi connectivity index (χ1n) is 12.1. The Balaban J connectivity index is 1.46. The van der Waals surface area contributed by atoms with E-state index in [2.05, 4.69) is 41.4 Å². The molecule has 8 nitrogen and oxygen atoms in total. The zero-order valence-electron chi connectivity index (χ0n) is 21.6. The summed E-state index contributed by atoms with van der Waals surface area (Å²) in [4.78, 5) is 17.7. The van der Waals surface area contributed by atoms with Gasteiger partial charge in [-0.25, -0.2) is 9.36 Å². The van der Waals surface area contributed by atoms with Crippen LogP contribution in [0.25, 0.3) is 22.6 Å². The molecule has 3 aromatic heterocycles. The molecule has 5 aromatic rings. The Morgan fingerprint density at radius 2 is 1.76 bits per heavy atom. The maximum atomic E-state index is 13.5. The molecule has 1 N–H and O–H groups in total. The molecule has 0 radical (unpaired) electrons. The Morgan fingerprint density at radius 3 is 2.46 bits per heavy atom. The van der Waals surface area contributed by atoms with Gasteiger partial charge in [-0.05, 0) is 61.9 Å². The van der Waals surface area contributed by atoms with E-state index < -0.39 is 0 Å². The first-order valence-corrected chi connectivity index (χ1v) is 12.1. The third-order valence-electron chi connectivity index (χ3n) is 6.15. The van der Waals surface area contributed by atoms with Crippen LogP contribution < -0.4 is 5.32 Å². The van der Waals surface area contributed by atoms with Crippen molar-refractivity contribution in [2.45, 2.75) is 40.0 Å². The summed E-state index contributed by atoms with van der Waals surface area (Å²) in [5.41, 5.74) is 7.16. The average Bonchev–Trinajstić information content (AvgIpc) is 3.54. The summed E-state index contributed by atoms with van der Waals surface area (Å²) >= 11 is 0. The van der Waals surface area contributed by atoms with Crippen molar-refractivity contribution in [3.63, 3.8) is 0 Å². The van der Waals surface area contributed by atoms with Gasteiger partial charge in [0.05, 0.1) is 23.3 Å². The number of nitrogens with one attached hydrogen (secondary N) is 1. The molecule has 0 unspecified atom stereocenters. The van der Waals surface area contributed by atoms with E-state index >= 15 is 0 Å². The van der Waals surface area contributed by atoms with Crippen LogP contribution in [0.1, 0.15) is 48.1 Å². The van der Waals surface area contributed by atoms with E-state index in [0.29, 0.717) is 11.4 Å². The Labute approximate surface area is 216 Å². The van der Waals surface area contributed by atoms with Crippen LogP contribution in [0.2, 0.25) is 0 Å². The second-order valence-electron chi connectivity index (χ2n) is 10.2. The van der Waals surface area contributed by atoms with Crippen molar-refractivity contribution in [1.29, 1.82) is 0 Å². The van der Waals surface area contributed by atoms with Crippen molar-refractivity contribution < 1.29 is 4.79 Å². The van der Waals surface area contributed by atoms with E-state index in [1.165, 1.54) is 0 Å². The van der Waals surface area contributed by atoms with Gasteiger partial charge in [0, 0.05) is 29.1 Å². The Hall–Kier alpha value is -4.59. The first-order chi connectivity index (χ1) is 17.7. The molecule has 0 bridgehead atoms. The van der Waals surface area contributed by atoms with Gasteiger partial charge in [-0.2, -0.15) is 5.10 Å². The van der Waals surface area contributed by atoms with Crippen molar-refractivity contribution >= 4 is 11.6 Å². The number of benzene rings is 2. The molecule has 3 heterocycles. The van der Waals surface area contributed by atoms with Crippen LogP contribution in [0.15, 0.2) is 79.3 Å². The second kappa shape index (κ2) is 9.46. The molecule has 5 rings (SSSR count). The summed E-state index contributed by atoms with van der Waals surface area (Å²) in [6.45, 7) is 10.3. The largest absolute Gasteiger partial charge is 0.321 e. The Morgan fingerprint density at radius 1 is 0.973 bits per heavy atom. The minimum atomic E-state index is -0.243. The maximum Gasteiger partial charge on any atom is 0.274 e. The van der Waals surface area contributed by atoms with Crippen molar-refractivity contribution in [3.8, 4) is 22.6 Å². The third kappa shape index (κ3) is 5.04. The first kappa shape index (κ1) is 24.1. The molecule has 0 saturated carbocycles. The molecule has 37 heavy (non-hydrogen) atoms. The van der Waals surface area contributed by atoms with E-state index in [-0.39, 0.29) is 11.3 Å². The number of aryl methyl sites for hydroxylation is 2. The zero-order valence-corrected chi connectivity index (χ0v) is 21.6. The summed E-state index contributed by atoms with van der Waals surface area (Å²) in [6, 6.07) is 19.4. The van der Waals surface area contributed by atoms with Gasteiger partial charge in [-0.15, -0.1) is 5.10 Å². The minimum Gasteiger partial charge on any atom is -0.321 e. The average molecular weight is 492 g/mol. The number of pyridine rings is 1. The number of nitrogens with zero attached hydrogens (tertiary/aromatic N) is 6. The summed E-state index contributed by atoms with van der Waals surface area (Å²) < 4.78 is 3.42. The summed E-state index contributed by atoms with van der Waals surface area (Å²) in [5, 5.41) is 16.4. The number of carbonyl (C=O) groups is 1. The predicted octanol–water partition coefficient (Wildman–Crippen LogP) is 5.68.